The number of nitrogen functional groups attached to an aromatic ring is 1. The number of unbranched alkanes of at least 4 members (excludes halogenated alkanes) is 8. The quantitative estimate of drug-likeness (QED) is 0.487. The molecule has 0 atom stereocenters. The zero-order valence-electron chi connectivity index (χ0n) is 13.2. The van der Waals surface area contributed by atoms with Gasteiger partial charge in [0.2, 0.25) is 0 Å². The van der Waals surface area contributed by atoms with E-state index in [1.807, 2.05) is 6.33 Å². The Morgan fingerprint density at radius 1 is 0.864 bits per heavy atom. The summed E-state index contributed by atoms with van der Waals surface area (Å²) in [5.74, 6) is 1.49. The Kier molecular flexibility index (Phi) is 7.49. The highest BCUT2D eigenvalue weighted by Gasteiger charge is 2.06. The number of nitrogens with zero attached hydrogens (tertiary/aromatic N) is 4. The van der Waals surface area contributed by atoms with Gasteiger partial charge in [-0.2, -0.15) is 12.6 Å². The highest BCUT2D eigenvalue weighted by Crippen LogP contribution is 2.15. The van der Waals surface area contributed by atoms with E-state index in [0.29, 0.717) is 11.3 Å². The third kappa shape index (κ3) is 5.16. The standard InChI is InChI=1S/C16H27N5S/c17-15-14-16(19-12-18-15)21(13-20-14)10-8-6-4-2-1-3-5-7-9-11-22/h12-13,22H,1-11H2,(H2,17,18,19). The van der Waals surface area contributed by atoms with Gasteiger partial charge in [0, 0.05) is 6.54 Å². The average molecular weight is 321 g/mol. The first-order valence-electron chi connectivity index (χ1n) is 8.35. The molecule has 2 aromatic heterocycles. The van der Waals surface area contributed by atoms with Crippen molar-refractivity contribution in [1.82, 2.24) is 19.5 Å². The number of anilines is 1. The third-order valence-corrected chi connectivity index (χ3v) is 4.30. The Morgan fingerprint density at radius 3 is 2.18 bits per heavy atom. The largest absolute Gasteiger partial charge is 0.382 e. The number of fused-ring (bicyclic) bond motifs is 1. The fourth-order valence-corrected chi connectivity index (χ4v) is 2.92. The highest BCUT2D eigenvalue weighted by molar-refractivity contribution is 7.80. The Bertz CT molecular complexity index is 554. The molecule has 0 unspecified atom stereocenters. The van der Waals surface area contributed by atoms with E-state index in [9.17, 15) is 0 Å². The van der Waals surface area contributed by atoms with Gasteiger partial charge in [0.15, 0.2) is 11.5 Å². The third-order valence-electron chi connectivity index (χ3n) is 3.99. The molecule has 2 rings (SSSR count). The molecule has 6 heteroatoms. The van der Waals surface area contributed by atoms with Crippen molar-refractivity contribution in [2.24, 2.45) is 0 Å². The van der Waals surface area contributed by atoms with E-state index in [0.717, 1.165) is 24.4 Å². The Morgan fingerprint density at radius 2 is 1.50 bits per heavy atom. The van der Waals surface area contributed by atoms with Gasteiger partial charge >= 0.3 is 0 Å². The first-order chi connectivity index (χ1) is 10.8. The van der Waals surface area contributed by atoms with E-state index in [2.05, 4.69) is 32.1 Å². The van der Waals surface area contributed by atoms with Crippen LogP contribution in [0.5, 0.6) is 0 Å². The van der Waals surface area contributed by atoms with Crippen LogP contribution >= 0.6 is 12.6 Å². The van der Waals surface area contributed by atoms with E-state index in [4.69, 9.17) is 5.73 Å². The van der Waals surface area contributed by atoms with Crippen LogP contribution in [0.25, 0.3) is 11.2 Å². The van der Waals surface area contributed by atoms with Crippen LogP contribution in [0.2, 0.25) is 0 Å². The zero-order valence-corrected chi connectivity index (χ0v) is 14.1. The average Bonchev–Trinajstić information content (AvgIpc) is 2.94. The first kappa shape index (κ1) is 17.1. The van der Waals surface area contributed by atoms with E-state index in [1.165, 1.54) is 57.7 Å². The summed E-state index contributed by atoms with van der Waals surface area (Å²) in [5.41, 5.74) is 7.35. The van der Waals surface area contributed by atoms with Gasteiger partial charge in [-0.1, -0.05) is 44.9 Å². The molecule has 0 aliphatic heterocycles. The Labute approximate surface area is 138 Å². The summed E-state index contributed by atoms with van der Waals surface area (Å²) < 4.78 is 2.07. The highest BCUT2D eigenvalue weighted by atomic mass is 32.1. The predicted molar refractivity (Wildman–Crippen MR) is 95.1 cm³/mol. The van der Waals surface area contributed by atoms with E-state index in [1.54, 1.807) is 0 Å². The Balaban J connectivity index is 1.58. The topological polar surface area (TPSA) is 69.6 Å². The second kappa shape index (κ2) is 9.66. The number of aromatic nitrogens is 4. The number of nitrogens with two attached hydrogens (primary N) is 1. The van der Waals surface area contributed by atoms with Crippen molar-refractivity contribution < 1.29 is 0 Å². The molecule has 0 radical (unpaired) electrons. The van der Waals surface area contributed by atoms with Gasteiger partial charge in [0.25, 0.3) is 0 Å². The molecule has 0 amide bonds. The number of rotatable bonds is 11. The molecule has 0 spiro atoms. The van der Waals surface area contributed by atoms with Gasteiger partial charge in [-0.3, -0.25) is 0 Å². The van der Waals surface area contributed by atoms with E-state index in [-0.39, 0.29) is 0 Å². The molecule has 0 fully saturated rings. The molecule has 5 nitrogen and oxygen atoms in total. The summed E-state index contributed by atoms with van der Waals surface area (Å²) in [6.07, 6.45) is 15.1. The van der Waals surface area contributed by atoms with Crippen molar-refractivity contribution in [3.63, 3.8) is 0 Å². The Hall–Kier alpha value is -1.30. The lowest BCUT2D eigenvalue weighted by molar-refractivity contribution is 0.542. The zero-order chi connectivity index (χ0) is 15.6. The van der Waals surface area contributed by atoms with Crippen molar-refractivity contribution in [3.8, 4) is 0 Å². The minimum atomic E-state index is 0.460. The maximum absolute atomic E-state index is 5.79. The smallest absolute Gasteiger partial charge is 0.165 e. The number of thiol groups is 1. The number of aryl methyl sites for hydroxylation is 1. The predicted octanol–water partition coefficient (Wildman–Crippen LogP) is 3.85. The van der Waals surface area contributed by atoms with Crippen LogP contribution in [-0.4, -0.2) is 25.3 Å². The molecule has 22 heavy (non-hydrogen) atoms. The number of imidazole rings is 1. The molecule has 2 heterocycles. The summed E-state index contributed by atoms with van der Waals surface area (Å²) >= 11 is 4.23. The second-order valence-electron chi connectivity index (χ2n) is 5.77. The molecular formula is C16H27N5S. The number of hydrogen-bond donors (Lipinski definition) is 2. The normalized spacial score (nSPS) is 11.3. The summed E-state index contributed by atoms with van der Waals surface area (Å²) in [6, 6.07) is 0. The molecule has 0 saturated heterocycles. The lowest BCUT2D eigenvalue weighted by Crippen LogP contribution is -1.99. The van der Waals surface area contributed by atoms with E-state index < -0.39 is 0 Å². The van der Waals surface area contributed by atoms with Gasteiger partial charge in [-0.15, -0.1) is 0 Å². The van der Waals surface area contributed by atoms with Crippen molar-refractivity contribution in [2.75, 3.05) is 11.5 Å². The molecule has 0 aliphatic carbocycles. The van der Waals surface area contributed by atoms with Gasteiger partial charge < -0.3 is 10.3 Å². The van der Waals surface area contributed by atoms with Gasteiger partial charge in [-0.25, -0.2) is 15.0 Å². The SMILES string of the molecule is Nc1ncnc2c1ncn2CCCCCCCCCCCS. The summed E-state index contributed by atoms with van der Waals surface area (Å²) in [7, 11) is 0. The molecule has 0 saturated carbocycles. The molecule has 0 aliphatic rings. The van der Waals surface area contributed by atoms with Crippen molar-refractivity contribution in [2.45, 2.75) is 64.3 Å². The molecule has 0 aromatic carbocycles. The van der Waals surface area contributed by atoms with Crippen molar-refractivity contribution in [3.05, 3.63) is 12.7 Å². The summed E-state index contributed by atoms with van der Waals surface area (Å²) in [5, 5.41) is 0. The van der Waals surface area contributed by atoms with Gasteiger partial charge in [0.05, 0.1) is 6.33 Å². The minimum Gasteiger partial charge on any atom is -0.382 e. The maximum Gasteiger partial charge on any atom is 0.165 e. The molecule has 122 valence electrons. The summed E-state index contributed by atoms with van der Waals surface area (Å²) in [4.78, 5) is 12.5. The van der Waals surface area contributed by atoms with Crippen LogP contribution in [0.15, 0.2) is 12.7 Å². The monoisotopic (exact) mass is 321 g/mol. The van der Waals surface area contributed by atoms with Crippen LogP contribution in [-0.2, 0) is 6.54 Å². The van der Waals surface area contributed by atoms with Crippen LogP contribution < -0.4 is 5.73 Å². The van der Waals surface area contributed by atoms with Crippen LogP contribution in [0.3, 0.4) is 0 Å². The second-order valence-corrected chi connectivity index (χ2v) is 6.22. The summed E-state index contributed by atoms with van der Waals surface area (Å²) in [6.45, 7) is 0.953. The maximum atomic E-state index is 5.79. The van der Waals surface area contributed by atoms with Crippen LogP contribution in [0.4, 0.5) is 5.82 Å². The molecule has 0 bridgehead atoms. The molecular weight excluding hydrogens is 294 g/mol. The van der Waals surface area contributed by atoms with E-state index >= 15 is 0 Å². The van der Waals surface area contributed by atoms with Crippen LogP contribution in [0.1, 0.15) is 57.8 Å². The van der Waals surface area contributed by atoms with Gasteiger partial charge in [-0.05, 0) is 18.6 Å². The number of hydrogen-bond acceptors (Lipinski definition) is 5. The first-order valence-corrected chi connectivity index (χ1v) is 8.98. The fourth-order valence-electron chi connectivity index (χ4n) is 2.69. The van der Waals surface area contributed by atoms with Crippen molar-refractivity contribution in [1.29, 1.82) is 0 Å². The molecule has 2 aromatic rings. The fraction of sp³-hybridized carbons (Fsp3) is 0.688. The van der Waals surface area contributed by atoms with Crippen LogP contribution in [0, 0.1) is 0 Å². The van der Waals surface area contributed by atoms with Gasteiger partial charge in [0.1, 0.15) is 11.8 Å². The van der Waals surface area contributed by atoms with Crippen molar-refractivity contribution >= 4 is 29.6 Å². The molecule has 2 N–H and O–H groups in total. The lowest BCUT2D eigenvalue weighted by Gasteiger charge is -2.04. The minimum absolute atomic E-state index is 0.460. The lowest BCUT2D eigenvalue weighted by atomic mass is 10.1.